The Kier molecular flexibility index (Phi) is 2.97. The summed E-state index contributed by atoms with van der Waals surface area (Å²) in [4.78, 5) is 25.5. The molecule has 0 aliphatic carbocycles. The maximum absolute atomic E-state index is 11.2. The number of primary amides is 1. The highest BCUT2D eigenvalue weighted by Gasteiger charge is 2.08. The number of nitrogens with one attached hydrogen (secondary N) is 1. The van der Waals surface area contributed by atoms with Gasteiger partial charge in [0.15, 0.2) is 0 Å². The predicted octanol–water partition coefficient (Wildman–Crippen LogP) is -0.333. The van der Waals surface area contributed by atoms with Crippen LogP contribution in [0.15, 0.2) is 5.38 Å². The number of nitrogens with two attached hydrogens (primary N) is 1. The van der Waals surface area contributed by atoms with E-state index in [-0.39, 0.29) is 12.5 Å². The SMILES string of the molecule is Cc1nc(C(=O)NCC(N)=O)cs1. The van der Waals surface area contributed by atoms with Gasteiger partial charge < -0.3 is 11.1 Å². The number of amides is 2. The van der Waals surface area contributed by atoms with Crippen LogP contribution in [0, 0.1) is 6.92 Å². The molecule has 0 atom stereocenters. The fraction of sp³-hybridized carbons (Fsp3) is 0.286. The summed E-state index contributed by atoms with van der Waals surface area (Å²) in [5.41, 5.74) is 5.18. The lowest BCUT2D eigenvalue weighted by Gasteiger charge is -1.97. The van der Waals surface area contributed by atoms with E-state index in [0.29, 0.717) is 5.69 Å². The predicted molar refractivity (Wildman–Crippen MR) is 48.4 cm³/mol. The average molecular weight is 199 g/mol. The molecule has 2 amide bonds. The van der Waals surface area contributed by atoms with Crippen molar-refractivity contribution in [1.29, 1.82) is 0 Å². The lowest BCUT2D eigenvalue weighted by atomic mass is 10.4. The van der Waals surface area contributed by atoms with Crippen molar-refractivity contribution in [2.75, 3.05) is 6.54 Å². The first kappa shape index (κ1) is 9.66. The third-order valence-corrected chi connectivity index (χ3v) is 2.05. The van der Waals surface area contributed by atoms with E-state index in [1.165, 1.54) is 11.3 Å². The minimum atomic E-state index is -0.569. The molecule has 70 valence electrons. The summed E-state index contributed by atoms with van der Waals surface area (Å²) in [7, 11) is 0. The second-order valence-corrected chi connectivity index (χ2v) is 3.46. The van der Waals surface area contributed by atoms with Gasteiger partial charge in [-0.05, 0) is 6.92 Å². The van der Waals surface area contributed by atoms with Crippen molar-refractivity contribution in [3.05, 3.63) is 16.1 Å². The van der Waals surface area contributed by atoms with Crippen LogP contribution in [0.5, 0.6) is 0 Å². The highest BCUT2D eigenvalue weighted by atomic mass is 32.1. The molecule has 1 aromatic rings. The Morgan fingerprint density at radius 2 is 2.38 bits per heavy atom. The Labute approximate surface area is 79.0 Å². The lowest BCUT2D eigenvalue weighted by molar-refractivity contribution is -0.117. The van der Waals surface area contributed by atoms with Gasteiger partial charge in [0.2, 0.25) is 5.91 Å². The molecule has 1 rings (SSSR count). The molecule has 13 heavy (non-hydrogen) atoms. The van der Waals surface area contributed by atoms with Gasteiger partial charge in [-0.3, -0.25) is 9.59 Å². The molecule has 1 aromatic heterocycles. The van der Waals surface area contributed by atoms with Crippen molar-refractivity contribution >= 4 is 23.2 Å². The number of carbonyl (C=O) groups excluding carboxylic acids is 2. The first-order chi connectivity index (χ1) is 6.09. The van der Waals surface area contributed by atoms with Gasteiger partial charge in [-0.2, -0.15) is 0 Å². The van der Waals surface area contributed by atoms with Gasteiger partial charge in [-0.15, -0.1) is 11.3 Å². The van der Waals surface area contributed by atoms with Gasteiger partial charge in [0.1, 0.15) is 5.69 Å². The Balaban J connectivity index is 2.54. The van der Waals surface area contributed by atoms with Gasteiger partial charge in [-0.1, -0.05) is 0 Å². The zero-order valence-electron chi connectivity index (χ0n) is 7.03. The Morgan fingerprint density at radius 3 is 2.85 bits per heavy atom. The van der Waals surface area contributed by atoms with Crippen LogP contribution < -0.4 is 11.1 Å². The van der Waals surface area contributed by atoms with Crippen molar-refractivity contribution in [3.63, 3.8) is 0 Å². The smallest absolute Gasteiger partial charge is 0.271 e. The molecule has 0 fully saturated rings. The van der Waals surface area contributed by atoms with Crippen LogP contribution in [0.3, 0.4) is 0 Å². The van der Waals surface area contributed by atoms with E-state index in [1.807, 2.05) is 0 Å². The summed E-state index contributed by atoms with van der Waals surface area (Å²) in [6.45, 7) is 1.64. The van der Waals surface area contributed by atoms with E-state index in [4.69, 9.17) is 5.73 Å². The molecule has 0 bridgehead atoms. The molecule has 5 nitrogen and oxygen atoms in total. The monoisotopic (exact) mass is 199 g/mol. The second-order valence-electron chi connectivity index (χ2n) is 2.40. The van der Waals surface area contributed by atoms with Crippen LogP contribution >= 0.6 is 11.3 Å². The molecule has 0 saturated heterocycles. The van der Waals surface area contributed by atoms with Crippen LogP contribution in [0.4, 0.5) is 0 Å². The fourth-order valence-corrected chi connectivity index (χ4v) is 1.32. The Morgan fingerprint density at radius 1 is 1.69 bits per heavy atom. The molecule has 0 aliphatic heterocycles. The van der Waals surface area contributed by atoms with Gasteiger partial charge in [0, 0.05) is 5.38 Å². The van der Waals surface area contributed by atoms with E-state index in [0.717, 1.165) is 5.01 Å². The highest BCUT2D eigenvalue weighted by molar-refractivity contribution is 7.09. The number of nitrogens with zero attached hydrogens (tertiary/aromatic N) is 1. The maximum atomic E-state index is 11.2. The summed E-state index contributed by atoms with van der Waals surface area (Å²) < 4.78 is 0. The Hall–Kier alpha value is -1.43. The molecule has 0 spiro atoms. The van der Waals surface area contributed by atoms with Crippen LogP contribution in [-0.4, -0.2) is 23.3 Å². The van der Waals surface area contributed by atoms with Crippen molar-refractivity contribution < 1.29 is 9.59 Å². The first-order valence-corrected chi connectivity index (χ1v) is 4.46. The van der Waals surface area contributed by atoms with E-state index in [1.54, 1.807) is 12.3 Å². The number of hydrogen-bond donors (Lipinski definition) is 2. The zero-order valence-corrected chi connectivity index (χ0v) is 7.85. The van der Waals surface area contributed by atoms with Crippen LogP contribution in [0.25, 0.3) is 0 Å². The molecule has 0 aromatic carbocycles. The van der Waals surface area contributed by atoms with Crippen molar-refractivity contribution in [1.82, 2.24) is 10.3 Å². The Bertz CT molecular complexity index is 334. The van der Waals surface area contributed by atoms with E-state index in [9.17, 15) is 9.59 Å². The molecule has 0 aliphatic rings. The molecule has 0 unspecified atom stereocenters. The van der Waals surface area contributed by atoms with Gasteiger partial charge in [0.25, 0.3) is 5.91 Å². The van der Waals surface area contributed by atoms with Crippen molar-refractivity contribution in [2.45, 2.75) is 6.92 Å². The number of rotatable bonds is 3. The molecule has 0 radical (unpaired) electrons. The highest BCUT2D eigenvalue weighted by Crippen LogP contribution is 2.06. The third kappa shape index (κ3) is 2.83. The summed E-state index contributed by atoms with van der Waals surface area (Å²) in [5.74, 6) is -0.941. The first-order valence-electron chi connectivity index (χ1n) is 3.58. The fourth-order valence-electron chi connectivity index (χ4n) is 0.726. The summed E-state index contributed by atoms with van der Waals surface area (Å²) in [6.07, 6.45) is 0. The van der Waals surface area contributed by atoms with Crippen molar-refractivity contribution in [3.8, 4) is 0 Å². The molecular weight excluding hydrogens is 190 g/mol. The van der Waals surface area contributed by atoms with Crippen LogP contribution in [0.2, 0.25) is 0 Å². The van der Waals surface area contributed by atoms with Gasteiger partial charge in [-0.25, -0.2) is 4.98 Å². The summed E-state index contributed by atoms with van der Waals surface area (Å²) >= 11 is 1.38. The molecule has 6 heteroatoms. The van der Waals surface area contributed by atoms with E-state index in [2.05, 4.69) is 10.3 Å². The number of aromatic nitrogens is 1. The summed E-state index contributed by atoms with van der Waals surface area (Å²) in [5, 5.41) is 4.78. The molecule has 0 saturated carbocycles. The van der Waals surface area contributed by atoms with Gasteiger partial charge in [0.05, 0.1) is 11.6 Å². The minimum absolute atomic E-state index is 0.157. The zero-order chi connectivity index (χ0) is 9.84. The average Bonchev–Trinajstić information content (AvgIpc) is 2.47. The number of thiazole rings is 1. The molecule has 3 N–H and O–H groups in total. The summed E-state index contributed by atoms with van der Waals surface area (Å²) in [6, 6.07) is 0. The molecular formula is C7H9N3O2S. The molecule has 1 heterocycles. The van der Waals surface area contributed by atoms with E-state index < -0.39 is 5.91 Å². The van der Waals surface area contributed by atoms with Crippen molar-refractivity contribution in [2.24, 2.45) is 5.73 Å². The largest absolute Gasteiger partial charge is 0.368 e. The van der Waals surface area contributed by atoms with Crippen LogP contribution in [0.1, 0.15) is 15.5 Å². The number of hydrogen-bond acceptors (Lipinski definition) is 4. The van der Waals surface area contributed by atoms with E-state index >= 15 is 0 Å². The number of aryl methyl sites for hydroxylation is 1. The quantitative estimate of drug-likeness (QED) is 0.698. The third-order valence-electron chi connectivity index (χ3n) is 1.27. The van der Waals surface area contributed by atoms with Crippen LogP contribution in [-0.2, 0) is 4.79 Å². The van der Waals surface area contributed by atoms with Gasteiger partial charge >= 0.3 is 0 Å². The second kappa shape index (κ2) is 3.99. The lowest BCUT2D eigenvalue weighted by Crippen LogP contribution is -2.33. The maximum Gasteiger partial charge on any atom is 0.271 e. The number of carbonyl (C=O) groups is 2. The standard InChI is InChI=1S/C7H9N3O2S/c1-4-10-5(3-13-4)7(12)9-2-6(8)11/h3H,2H2,1H3,(H2,8,11)(H,9,12). The minimum Gasteiger partial charge on any atom is -0.368 e. The normalized spacial score (nSPS) is 9.62. The topological polar surface area (TPSA) is 85.1 Å².